The summed E-state index contributed by atoms with van der Waals surface area (Å²) in [6.45, 7) is 5.73. The zero-order valence-corrected chi connectivity index (χ0v) is 10.8. The second-order valence-electron chi connectivity index (χ2n) is 4.31. The standard InChI is InChI=1S/C12H20N4O/c1-4-5-12-11(6-7-13)14-15-16(12)8-10(2)9-17-3/h10H,4-6,8-9H2,1-3H3. The number of ether oxygens (including phenoxy) is 1. The summed E-state index contributed by atoms with van der Waals surface area (Å²) in [4.78, 5) is 0. The number of nitrogens with zero attached hydrogens (tertiary/aromatic N) is 4. The van der Waals surface area contributed by atoms with Crippen molar-refractivity contribution >= 4 is 0 Å². The van der Waals surface area contributed by atoms with Crippen LogP contribution in [0, 0.1) is 17.2 Å². The molecular formula is C12H20N4O. The van der Waals surface area contributed by atoms with E-state index in [1.54, 1.807) is 7.11 Å². The molecule has 0 amide bonds. The minimum Gasteiger partial charge on any atom is -0.384 e. The van der Waals surface area contributed by atoms with Gasteiger partial charge in [-0.3, -0.25) is 0 Å². The molecule has 1 rings (SSSR count). The second kappa shape index (κ2) is 7.02. The van der Waals surface area contributed by atoms with Crippen LogP contribution in [0.25, 0.3) is 0 Å². The molecule has 1 aromatic rings. The lowest BCUT2D eigenvalue weighted by molar-refractivity contribution is 0.148. The molecule has 94 valence electrons. The molecule has 5 nitrogen and oxygen atoms in total. The Bertz CT molecular complexity index is 380. The van der Waals surface area contributed by atoms with Crippen molar-refractivity contribution in [3.63, 3.8) is 0 Å². The first-order chi connectivity index (χ1) is 8.22. The van der Waals surface area contributed by atoms with Crippen LogP contribution < -0.4 is 0 Å². The number of hydrogen-bond acceptors (Lipinski definition) is 4. The summed E-state index contributed by atoms with van der Waals surface area (Å²) >= 11 is 0. The Kier molecular flexibility index (Phi) is 5.64. The van der Waals surface area contributed by atoms with Crippen LogP contribution in [-0.4, -0.2) is 28.7 Å². The molecule has 0 aliphatic heterocycles. The van der Waals surface area contributed by atoms with E-state index in [9.17, 15) is 0 Å². The average Bonchev–Trinajstić information content (AvgIpc) is 2.64. The first-order valence-corrected chi connectivity index (χ1v) is 6.00. The van der Waals surface area contributed by atoms with E-state index in [4.69, 9.17) is 10.00 Å². The Morgan fingerprint density at radius 2 is 2.29 bits per heavy atom. The van der Waals surface area contributed by atoms with Crippen molar-refractivity contribution in [1.29, 1.82) is 5.26 Å². The Labute approximate surface area is 102 Å². The molecule has 1 unspecified atom stereocenters. The van der Waals surface area contributed by atoms with E-state index < -0.39 is 0 Å². The fourth-order valence-electron chi connectivity index (χ4n) is 1.87. The highest BCUT2D eigenvalue weighted by Crippen LogP contribution is 2.11. The van der Waals surface area contributed by atoms with Gasteiger partial charge in [-0.25, -0.2) is 4.68 Å². The molecule has 0 aliphatic carbocycles. The van der Waals surface area contributed by atoms with E-state index in [0.717, 1.165) is 30.8 Å². The number of nitriles is 1. The number of rotatable bonds is 7. The zero-order chi connectivity index (χ0) is 12.7. The first-order valence-electron chi connectivity index (χ1n) is 6.00. The quantitative estimate of drug-likeness (QED) is 0.721. The van der Waals surface area contributed by atoms with Gasteiger partial charge in [0.25, 0.3) is 0 Å². The van der Waals surface area contributed by atoms with E-state index >= 15 is 0 Å². The maximum absolute atomic E-state index is 8.74. The third kappa shape index (κ3) is 3.82. The lowest BCUT2D eigenvalue weighted by atomic mass is 10.1. The highest BCUT2D eigenvalue weighted by molar-refractivity contribution is 5.14. The minimum atomic E-state index is 0.341. The van der Waals surface area contributed by atoms with Crippen LogP contribution in [0.15, 0.2) is 0 Å². The summed E-state index contributed by atoms with van der Waals surface area (Å²) in [5.74, 6) is 0.396. The molecular weight excluding hydrogens is 216 g/mol. The van der Waals surface area contributed by atoms with Crippen LogP contribution in [0.5, 0.6) is 0 Å². The zero-order valence-electron chi connectivity index (χ0n) is 10.8. The van der Waals surface area contributed by atoms with Crippen LogP contribution in [0.2, 0.25) is 0 Å². The van der Waals surface area contributed by atoms with Crippen molar-refractivity contribution in [3.05, 3.63) is 11.4 Å². The molecule has 0 spiro atoms. The monoisotopic (exact) mass is 236 g/mol. The van der Waals surface area contributed by atoms with Gasteiger partial charge in [-0.15, -0.1) is 5.10 Å². The Morgan fingerprint density at radius 3 is 2.88 bits per heavy atom. The van der Waals surface area contributed by atoms with Gasteiger partial charge in [0.1, 0.15) is 0 Å². The molecule has 0 aliphatic rings. The lowest BCUT2D eigenvalue weighted by Gasteiger charge is -2.12. The van der Waals surface area contributed by atoms with Crippen molar-refractivity contribution in [2.75, 3.05) is 13.7 Å². The van der Waals surface area contributed by atoms with Gasteiger partial charge in [-0.05, 0) is 12.3 Å². The molecule has 17 heavy (non-hydrogen) atoms. The molecule has 0 aromatic carbocycles. The Morgan fingerprint density at radius 1 is 1.53 bits per heavy atom. The van der Waals surface area contributed by atoms with E-state index in [1.807, 2.05) is 4.68 Å². The molecule has 0 fully saturated rings. The Balaban J connectivity index is 2.80. The van der Waals surface area contributed by atoms with E-state index in [0.29, 0.717) is 18.9 Å². The van der Waals surface area contributed by atoms with Gasteiger partial charge in [0.15, 0.2) is 0 Å². The Hall–Kier alpha value is -1.41. The van der Waals surface area contributed by atoms with E-state index in [2.05, 4.69) is 30.2 Å². The van der Waals surface area contributed by atoms with Crippen molar-refractivity contribution < 1.29 is 4.74 Å². The highest BCUT2D eigenvalue weighted by Gasteiger charge is 2.13. The molecule has 0 radical (unpaired) electrons. The second-order valence-corrected chi connectivity index (χ2v) is 4.31. The summed E-state index contributed by atoms with van der Waals surface area (Å²) in [5.41, 5.74) is 1.91. The van der Waals surface area contributed by atoms with Crippen molar-refractivity contribution in [3.8, 4) is 6.07 Å². The summed E-state index contributed by atoms with van der Waals surface area (Å²) in [6, 6.07) is 2.13. The van der Waals surface area contributed by atoms with Crippen LogP contribution in [0.1, 0.15) is 31.7 Å². The maximum atomic E-state index is 8.74. The molecule has 1 aromatic heterocycles. The fourth-order valence-corrected chi connectivity index (χ4v) is 1.87. The molecule has 1 atom stereocenters. The van der Waals surface area contributed by atoms with Crippen LogP contribution in [0.4, 0.5) is 0 Å². The maximum Gasteiger partial charge on any atom is 0.0999 e. The van der Waals surface area contributed by atoms with Crippen LogP contribution >= 0.6 is 0 Å². The van der Waals surface area contributed by atoms with Gasteiger partial charge in [0.05, 0.1) is 30.5 Å². The molecule has 0 bridgehead atoms. The molecule has 5 heteroatoms. The minimum absolute atomic E-state index is 0.341. The molecule has 1 heterocycles. The third-order valence-electron chi connectivity index (χ3n) is 2.59. The number of aromatic nitrogens is 3. The normalized spacial score (nSPS) is 12.4. The summed E-state index contributed by atoms with van der Waals surface area (Å²) in [7, 11) is 1.70. The summed E-state index contributed by atoms with van der Waals surface area (Å²) in [5, 5.41) is 17.0. The summed E-state index contributed by atoms with van der Waals surface area (Å²) in [6.07, 6.45) is 2.29. The molecule has 0 saturated carbocycles. The smallest absolute Gasteiger partial charge is 0.0999 e. The van der Waals surface area contributed by atoms with Gasteiger partial charge in [-0.1, -0.05) is 25.5 Å². The predicted molar refractivity (Wildman–Crippen MR) is 64.4 cm³/mol. The largest absolute Gasteiger partial charge is 0.384 e. The van der Waals surface area contributed by atoms with Gasteiger partial charge in [-0.2, -0.15) is 5.26 Å². The van der Waals surface area contributed by atoms with Crippen LogP contribution in [0.3, 0.4) is 0 Å². The SMILES string of the molecule is CCCc1c(CC#N)nnn1CC(C)COC. The summed E-state index contributed by atoms with van der Waals surface area (Å²) < 4.78 is 7.03. The average molecular weight is 236 g/mol. The first kappa shape index (κ1) is 13.7. The van der Waals surface area contributed by atoms with Crippen molar-refractivity contribution in [1.82, 2.24) is 15.0 Å². The van der Waals surface area contributed by atoms with E-state index in [-0.39, 0.29) is 0 Å². The predicted octanol–water partition coefficient (Wildman–Crippen LogP) is 1.58. The number of methoxy groups -OCH3 is 1. The van der Waals surface area contributed by atoms with Gasteiger partial charge >= 0.3 is 0 Å². The van der Waals surface area contributed by atoms with Gasteiger partial charge in [0.2, 0.25) is 0 Å². The number of hydrogen-bond donors (Lipinski definition) is 0. The lowest BCUT2D eigenvalue weighted by Crippen LogP contribution is -2.16. The van der Waals surface area contributed by atoms with E-state index in [1.165, 1.54) is 0 Å². The topological polar surface area (TPSA) is 63.7 Å². The van der Waals surface area contributed by atoms with Crippen molar-refractivity contribution in [2.45, 2.75) is 39.7 Å². The van der Waals surface area contributed by atoms with Crippen LogP contribution in [-0.2, 0) is 24.1 Å². The van der Waals surface area contributed by atoms with Gasteiger partial charge in [0, 0.05) is 13.7 Å². The fraction of sp³-hybridized carbons (Fsp3) is 0.750. The van der Waals surface area contributed by atoms with Gasteiger partial charge < -0.3 is 4.74 Å². The highest BCUT2D eigenvalue weighted by atomic mass is 16.5. The third-order valence-corrected chi connectivity index (χ3v) is 2.59. The van der Waals surface area contributed by atoms with Crippen molar-refractivity contribution in [2.24, 2.45) is 5.92 Å². The molecule has 0 saturated heterocycles. The molecule has 0 N–H and O–H groups in total.